The van der Waals surface area contributed by atoms with Crippen LogP contribution in [0.3, 0.4) is 0 Å². The van der Waals surface area contributed by atoms with Gasteiger partial charge in [-0.25, -0.2) is 9.97 Å². The molecule has 1 amide bonds. The van der Waals surface area contributed by atoms with Crippen LogP contribution in [-0.4, -0.2) is 50.8 Å². The third-order valence-electron chi connectivity index (χ3n) is 4.71. The van der Waals surface area contributed by atoms with Crippen LogP contribution in [0.4, 0.5) is 0 Å². The first-order chi connectivity index (χ1) is 12.5. The van der Waals surface area contributed by atoms with Crippen molar-refractivity contribution in [1.82, 2.24) is 24.6 Å². The Kier molecular flexibility index (Phi) is 5.66. The van der Waals surface area contributed by atoms with E-state index in [2.05, 4.69) is 28.9 Å². The van der Waals surface area contributed by atoms with E-state index >= 15 is 0 Å². The van der Waals surface area contributed by atoms with Crippen molar-refractivity contribution in [3.8, 4) is 11.4 Å². The van der Waals surface area contributed by atoms with Crippen LogP contribution in [0.5, 0.6) is 0 Å². The minimum absolute atomic E-state index is 0.0160. The van der Waals surface area contributed by atoms with Gasteiger partial charge in [0.15, 0.2) is 0 Å². The predicted octanol–water partition coefficient (Wildman–Crippen LogP) is 2.93. The average molecular weight is 357 g/mol. The number of likely N-dealkylation sites (tertiary alicyclic amines) is 1. The molecule has 3 heterocycles. The van der Waals surface area contributed by atoms with Crippen molar-refractivity contribution in [2.45, 2.75) is 52.1 Å². The van der Waals surface area contributed by atoms with E-state index < -0.39 is 0 Å². The van der Waals surface area contributed by atoms with Crippen molar-refractivity contribution >= 4 is 5.91 Å². The van der Waals surface area contributed by atoms with Gasteiger partial charge < -0.3 is 9.64 Å². The molecule has 1 aliphatic heterocycles. The van der Waals surface area contributed by atoms with Crippen LogP contribution in [-0.2, 0) is 9.53 Å². The lowest BCUT2D eigenvalue weighted by atomic mass is 9.98. The van der Waals surface area contributed by atoms with Crippen LogP contribution in [0.25, 0.3) is 11.4 Å². The molecule has 0 spiro atoms. The summed E-state index contributed by atoms with van der Waals surface area (Å²) in [7, 11) is 1.55. The van der Waals surface area contributed by atoms with Crippen LogP contribution in [0, 0.1) is 6.92 Å². The minimum atomic E-state index is -0.0257. The summed E-state index contributed by atoms with van der Waals surface area (Å²) < 4.78 is 7.01. The van der Waals surface area contributed by atoms with Crippen molar-refractivity contribution in [2.24, 2.45) is 0 Å². The van der Waals surface area contributed by atoms with E-state index in [9.17, 15) is 4.79 Å². The summed E-state index contributed by atoms with van der Waals surface area (Å²) >= 11 is 0. The first-order valence-corrected chi connectivity index (χ1v) is 9.19. The molecule has 1 aliphatic rings. The SMILES string of the molecule is COCC(=O)N1CCCCC1c1cc(-c2ccnn2C(C)C)nc(C)n1. The van der Waals surface area contributed by atoms with Gasteiger partial charge in [0, 0.05) is 25.9 Å². The van der Waals surface area contributed by atoms with Gasteiger partial charge in [-0.05, 0) is 52.2 Å². The Morgan fingerprint density at radius 1 is 1.35 bits per heavy atom. The molecule has 7 heteroatoms. The molecule has 0 N–H and O–H groups in total. The lowest BCUT2D eigenvalue weighted by Gasteiger charge is -2.35. The van der Waals surface area contributed by atoms with Crippen molar-refractivity contribution in [1.29, 1.82) is 0 Å². The van der Waals surface area contributed by atoms with Crippen LogP contribution in [0.2, 0.25) is 0 Å². The predicted molar refractivity (Wildman–Crippen MR) is 98.6 cm³/mol. The second-order valence-corrected chi connectivity index (χ2v) is 7.01. The number of carbonyl (C=O) groups excluding carboxylic acids is 1. The summed E-state index contributed by atoms with van der Waals surface area (Å²) in [5, 5.41) is 4.41. The minimum Gasteiger partial charge on any atom is -0.375 e. The summed E-state index contributed by atoms with van der Waals surface area (Å²) in [6.45, 7) is 6.94. The zero-order chi connectivity index (χ0) is 18.7. The number of amides is 1. The third kappa shape index (κ3) is 3.77. The lowest BCUT2D eigenvalue weighted by molar-refractivity contribution is -0.139. The van der Waals surface area contributed by atoms with E-state index in [-0.39, 0.29) is 24.6 Å². The first-order valence-electron chi connectivity index (χ1n) is 9.19. The fraction of sp³-hybridized carbons (Fsp3) is 0.579. The van der Waals surface area contributed by atoms with Crippen LogP contribution in [0.1, 0.15) is 56.7 Å². The summed E-state index contributed by atoms with van der Waals surface area (Å²) in [6, 6.07) is 4.20. The molecule has 7 nitrogen and oxygen atoms in total. The molecule has 0 saturated carbocycles. The molecule has 1 saturated heterocycles. The molecular weight excluding hydrogens is 330 g/mol. The van der Waals surface area contributed by atoms with Crippen LogP contribution < -0.4 is 0 Å². The smallest absolute Gasteiger partial charge is 0.249 e. The Bertz CT molecular complexity index is 771. The van der Waals surface area contributed by atoms with E-state index in [0.29, 0.717) is 5.82 Å². The maximum Gasteiger partial charge on any atom is 0.249 e. The van der Waals surface area contributed by atoms with Crippen LogP contribution in [0.15, 0.2) is 18.3 Å². The molecule has 2 aromatic rings. The van der Waals surface area contributed by atoms with E-state index in [0.717, 1.165) is 42.9 Å². The maximum absolute atomic E-state index is 12.5. The summed E-state index contributed by atoms with van der Waals surface area (Å²) in [4.78, 5) is 23.6. The van der Waals surface area contributed by atoms with Gasteiger partial charge >= 0.3 is 0 Å². The van der Waals surface area contributed by atoms with Crippen molar-refractivity contribution in [3.05, 3.63) is 29.8 Å². The molecule has 26 heavy (non-hydrogen) atoms. The molecule has 2 aromatic heterocycles. The molecule has 1 unspecified atom stereocenters. The van der Waals surface area contributed by atoms with Crippen molar-refractivity contribution in [2.75, 3.05) is 20.3 Å². The van der Waals surface area contributed by atoms with Gasteiger partial charge in [-0.2, -0.15) is 5.10 Å². The van der Waals surface area contributed by atoms with E-state index in [1.807, 2.05) is 28.6 Å². The Morgan fingerprint density at radius 3 is 2.88 bits per heavy atom. The van der Waals surface area contributed by atoms with Gasteiger partial charge in [-0.3, -0.25) is 9.48 Å². The van der Waals surface area contributed by atoms with Gasteiger partial charge in [0.25, 0.3) is 0 Å². The highest BCUT2D eigenvalue weighted by Gasteiger charge is 2.29. The number of hydrogen-bond acceptors (Lipinski definition) is 5. The molecule has 0 radical (unpaired) electrons. The van der Waals surface area contributed by atoms with Gasteiger partial charge in [-0.1, -0.05) is 0 Å². The molecule has 0 bridgehead atoms. The van der Waals surface area contributed by atoms with E-state index in [1.165, 1.54) is 0 Å². The Hall–Kier alpha value is -2.28. The zero-order valence-corrected chi connectivity index (χ0v) is 16.0. The fourth-order valence-electron chi connectivity index (χ4n) is 3.57. The lowest BCUT2D eigenvalue weighted by Crippen LogP contribution is -2.40. The van der Waals surface area contributed by atoms with Gasteiger partial charge in [0.1, 0.15) is 12.4 Å². The van der Waals surface area contributed by atoms with Gasteiger partial charge in [-0.15, -0.1) is 0 Å². The monoisotopic (exact) mass is 357 g/mol. The number of rotatable bonds is 5. The van der Waals surface area contributed by atoms with Gasteiger partial charge in [0.2, 0.25) is 5.91 Å². The van der Waals surface area contributed by atoms with Crippen molar-refractivity contribution < 1.29 is 9.53 Å². The number of hydrogen-bond donors (Lipinski definition) is 0. The molecule has 0 aromatic carbocycles. The summed E-state index contributed by atoms with van der Waals surface area (Å²) in [6.07, 6.45) is 4.81. The molecule has 0 aliphatic carbocycles. The normalized spacial score (nSPS) is 17.7. The van der Waals surface area contributed by atoms with E-state index in [1.54, 1.807) is 13.3 Å². The number of ether oxygens (including phenoxy) is 1. The highest BCUT2D eigenvalue weighted by molar-refractivity contribution is 5.78. The fourth-order valence-corrected chi connectivity index (χ4v) is 3.57. The molecule has 1 fully saturated rings. The average Bonchev–Trinajstić information content (AvgIpc) is 3.11. The van der Waals surface area contributed by atoms with Gasteiger partial charge in [0.05, 0.1) is 23.1 Å². The van der Waals surface area contributed by atoms with E-state index in [4.69, 9.17) is 4.74 Å². The number of aromatic nitrogens is 4. The Morgan fingerprint density at radius 2 is 2.15 bits per heavy atom. The number of methoxy groups -OCH3 is 1. The molecular formula is C19H27N5O2. The summed E-state index contributed by atoms with van der Waals surface area (Å²) in [5.74, 6) is 0.723. The highest BCUT2D eigenvalue weighted by atomic mass is 16.5. The number of aryl methyl sites for hydroxylation is 1. The first kappa shape index (κ1) is 18.5. The standard InChI is InChI=1S/C19H27N5O2/c1-13(2)24-18(8-9-20-24)16-11-15(21-14(3)22-16)17-7-5-6-10-23(17)19(25)12-26-4/h8-9,11,13,17H,5-7,10,12H2,1-4H3. The third-order valence-corrected chi connectivity index (χ3v) is 4.71. The molecule has 1 atom stereocenters. The summed E-state index contributed by atoms with van der Waals surface area (Å²) in [5.41, 5.74) is 2.72. The quantitative estimate of drug-likeness (QED) is 0.822. The largest absolute Gasteiger partial charge is 0.375 e. The van der Waals surface area contributed by atoms with Crippen LogP contribution >= 0.6 is 0 Å². The Balaban J connectivity index is 1.98. The maximum atomic E-state index is 12.5. The molecule has 3 rings (SSSR count). The number of carbonyl (C=O) groups is 1. The zero-order valence-electron chi connectivity index (χ0n) is 16.0. The second kappa shape index (κ2) is 7.95. The highest BCUT2D eigenvalue weighted by Crippen LogP contribution is 2.32. The number of piperidine rings is 1. The topological polar surface area (TPSA) is 73.1 Å². The molecule has 140 valence electrons. The number of nitrogens with zero attached hydrogens (tertiary/aromatic N) is 5. The second-order valence-electron chi connectivity index (χ2n) is 7.01. The Labute approximate surface area is 154 Å². The van der Waals surface area contributed by atoms with Crippen molar-refractivity contribution in [3.63, 3.8) is 0 Å².